The topological polar surface area (TPSA) is 35.6 Å². The van der Waals surface area contributed by atoms with Crippen molar-refractivity contribution in [3.63, 3.8) is 0 Å². The number of hydrogen-bond donors (Lipinski definition) is 1. The van der Waals surface area contributed by atoms with Gasteiger partial charge in [0.25, 0.3) is 0 Å². The van der Waals surface area contributed by atoms with Gasteiger partial charge in [-0.15, -0.1) is 0 Å². The average molecular weight is 417 g/mol. The summed E-state index contributed by atoms with van der Waals surface area (Å²) in [7, 11) is 0. The number of likely N-dealkylation sites (tertiary alicyclic amines) is 1. The molecule has 5 atom stereocenters. The number of rotatable bonds is 2. The van der Waals surface area contributed by atoms with Crippen molar-refractivity contribution in [3.05, 3.63) is 29.6 Å². The number of anilines is 1. The molecular formula is C20H24F5N3O. The molecule has 2 aliphatic heterocycles. The lowest BCUT2D eigenvalue weighted by atomic mass is 9.98. The summed E-state index contributed by atoms with van der Waals surface area (Å²) in [4.78, 5) is 15.7. The van der Waals surface area contributed by atoms with Crippen LogP contribution in [0.15, 0.2) is 18.2 Å². The molecule has 1 unspecified atom stereocenters. The van der Waals surface area contributed by atoms with Gasteiger partial charge in [-0.1, -0.05) is 6.07 Å². The first-order valence-electron chi connectivity index (χ1n) is 9.97. The van der Waals surface area contributed by atoms with Gasteiger partial charge in [0.15, 0.2) is 5.82 Å². The van der Waals surface area contributed by atoms with Gasteiger partial charge in [0.2, 0.25) is 0 Å². The number of hydrogen-bond acceptors (Lipinski definition) is 2. The minimum Gasteiger partial charge on any atom is -0.369 e. The Hall–Kier alpha value is -2.06. The molecule has 0 radical (unpaired) electrons. The van der Waals surface area contributed by atoms with E-state index in [0.29, 0.717) is 19.5 Å². The highest BCUT2D eigenvalue weighted by molar-refractivity contribution is 5.75. The number of carbonyl (C=O) groups is 1. The van der Waals surface area contributed by atoms with Crippen molar-refractivity contribution in [1.29, 1.82) is 0 Å². The van der Waals surface area contributed by atoms with Crippen LogP contribution in [0.4, 0.5) is 32.4 Å². The van der Waals surface area contributed by atoms with E-state index in [9.17, 15) is 26.7 Å². The maximum atomic E-state index is 14.5. The molecular weight excluding hydrogens is 393 g/mol. The van der Waals surface area contributed by atoms with Crippen LogP contribution >= 0.6 is 0 Å². The number of benzene rings is 1. The summed E-state index contributed by atoms with van der Waals surface area (Å²) in [6.45, 7) is 2.73. The van der Waals surface area contributed by atoms with E-state index >= 15 is 0 Å². The lowest BCUT2D eigenvalue weighted by molar-refractivity contribution is -0.139. The zero-order valence-electron chi connectivity index (χ0n) is 16.1. The quantitative estimate of drug-likeness (QED) is 0.732. The smallest absolute Gasteiger partial charge is 0.369 e. The molecule has 1 aromatic carbocycles. The molecule has 1 aromatic rings. The SMILES string of the molecule is CC1C[C@@H](F)CN1C(=O)N[C@H]1CC[C@@H]2CN(c3cccc(C(F)(F)F)c3F)C[C@@H]21. The Balaban J connectivity index is 1.45. The summed E-state index contributed by atoms with van der Waals surface area (Å²) in [5.41, 5.74) is -1.31. The molecule has 3 fully saturated rings. The van der Waals surface area contributed by atoms with Gasteiger partial charge in [-0.2, -0.15) is 13.2 Å². The largest absolute Gasteiger partial charge is 0.419 e. The van der Waals surface area contributed by atoms with Crippen molar-refractivity contribution in [2.45, 2.75) is 50.6 Å². The minimum atomic E-state index is -4.74. The van der Waals surface area contributed by atoms with Crippen molar-refractivity contribution in [2.75, 3.05) is 24.5 Å². The van der Waals surface area contributed by atoms with Gasteiger partial charge >= 0.3 is 12.2 Å². The molecule has 4 rings (SSSR count). The minimum absolute atomic E-state index is 0.0342. The Kier molecular flexibility index (Phi) is 5.11. The van der Waals surface area contributed by atoms with Gasteiger partial charge in [-0.25, -0.2) is 13.6 Å². The monoisotopic (exact) mass is 417 g/mol. The Labute approximate surface area is 166 Å². The summed E-state index contributed by atoms with van der Waals surface area (Å²) in [6.07, 6.45) is -3.85. The molecule has 1 aliphatic carbocycles. The number of carbonyl (C=O) groups excluding carboxylic acids is 1. The molecule has 9 heteroatoms. The molecule has 2 saturated heterocycles. The van der Waals surface area contributed by atoms with E-state index in [1.165, 1.54) is 17.0 Å². The average Bonchev–Trinajstić information content (AvgIpc) is 3.29. The normalized spacial score (nSPS) is 32.0. The van der Waals surface area contributed by atoms with Crippen LogP contribution in [-0.2, 0) is 6.18 Å². The van der Waals surface area contributed by atoms with Gasteiger partial charge < -0.3 is 15.1 Å². The van der Waals surface area contributed by atoms with E-state index in [-0.39, 0.29) is 42.2 Å². The van der Waals surface area contributed by atoms with E-state index < -0.39 is 23.7 Å². The highest BCUT2D eigenvalue weighted by atomic mass is 19.4. The predicted octanol–water partition coefficient (Wildman–Crippen LogP) is 4.20. The fourth-order valence-corrected chi connectivity index (χ4v) is 5.11. The van der Waals surface area contributed by atoms with Crippen molar-refractivity contribution < 1.29 is 26.7 Å². The third-order valence-corrected chi connectivity index (χ3v) is 6.57. The number of nitrogens with one attached hydrogen (secondary N) is 1. The van der Waals surface area contributed by atoms with Crippen molar-refractivity contribution in [3.8, 4) is 0 Å². The number of halogens is 5. The zero-order valence-corrected chi connectivity index (χ0v) is 16.1. The fraction of sp³-hybridized carbons (Fsp3) is 0.650. The second-order valence-electron chi connectivity index (χ2n) is 8.43. The van der Waals surface area contributed by atoms with Crippen LogP contribution in [0.5, 0.6) is 0 Å². The Morgan fingerprint density at radius 1 is 1.17 bits per heavy atom. The molecule has 2 amide bonds. The lowest BCUT2D eigenvalue weighted by Crippen LogP contribution is -2.48. The van der Waals surface area contributed by atoms with Crippen LogP contribution in [0.2, 0.25) is 0 Å². The van der Waals surface area contributed by atoms with Crippen LogP contribution in [-0.4, -0.2) is 48.8 Å². The van der Waals surface area contributed by atoms with Crippen LogP contribution in [0.25, 0.3) is 0 Å². The highest BCUT2D eigenvalue weighted by Crippen LogP contribution is 2.42. The molecule has 29 heavy (non-hydrogen) atoms. The summed E-state index contributed by atoms with van der Waals surface area (Å²) >= 11 is 0. The molecule has 0 spiro atoms. The molecule has 1 N–H and O–H groups in total. The summed E-state index contributed by atoms with van der Waals surface area (Å²) in [5.74, 6) is -1.04. The van der Waals surface area contributed by atoms with Gasteiger partial charge in [0.05, 0.1) is 17.8 Å². The number of urea groups is 1. The van der Waals surface area contributed by atoms with Crippen LogP contribution < -0.4 is 10.2 Å². The summed E-state index contributed by atoms with van der Waals surface area (Å²) in [6, 6.07) is 2.72. The number of nitrogens with zero attached hydrogens (tertiary/aromatic N) is 2. The first kappa shape index (κ1) is 20.2. The second-order valence-corrected chi connectivity index (χ2v) is 8.43. The second kappa shape index (κ2) is 7.32. The number of amides is 2. The maximum absolute atomic E-state index is 14.5. The fourth-order valence-electron chi connectivity index (χ4n) is 5.11. The maximum Gasteiger partial charge on any atom is 0.419 e. The summed E-state index contributed by atoms with van der Waals surface area (Å²) in [5, 5.41) is 2.99. The first-order chi connectivity index (χ1) is 13.6. The number of alkyl halides is 4. The zero-order chi connectivity index (χ0) is 20.9. The molecule has 4 nitrogen and oxygen atoms in total. The Bertz CT molecular complexity index is 786. The Morgan fingerprint density at radius 3 is 2.59 bits per heavy atom. The van der Waals surface area contributed by atoms with Crippen LogP contribution in [0.3, 0.4) is 0 Å². The van der Waals surface area contributed by atoms with Gasteiger partial charge in [0, 0.05) is 37.5 Å². The summed E-state index contributed by atoms with van der Waals surface area (Å²) < 4.78 is 67.1. The van der Waals surface area contributed by atoms with Crippen molar-refractivity contribution in [2.24, 2.45) is 11.8 Å². The van der Waals surface area contributed by atoms with Crippen molar-refractivity contribution >= 4 is 11.7 Å². The van der Waals surface area contributed by atoms with Crippen molar-refractivity contribution in [1.82, 2.24) is 10.2 Å². The molecule has 1 saturated carbocycles. The van der Waals surface area contributed by atoms with Crippen LogP contribution in [0.1, 0.15) is 31.7 Å². The third kappa shape index (κ3) is 3.75. The lowest BCUT2D eigenvalue weighted by Gasteiger charge is -2.27. The third-order valence-electron chi connectivity index (χ3n) is 6.57. The van der Waals surface area contributed by atoms with E-state index in [0.717, 1.165) is 18.9 Å². The molecule has 2 heterocycles. The van der Waals surface area contributed by atoms with E-state index in [2.05, 4.69) is 5.32 Å². The predicted molar refractivity (Wildman–Crippen MR) is 97.8 cm³/mol. The first-order valence-corrected chi connectivity index (χ1v) is 9.97. The molecule has 160 valence electrons. The Morgan fingerprint density at radius 2 is 1.93 bits per heavy atom. The highest BCUT2D eigenvalue weighted by Gasteiger charge is 2.45. The standard InChI is InChI=1S/C20H24F5N3O/c1-11-7-13(21)9-28(11)19(29)26-16-6-5-12-8-27(10-14(12)16)17-4-2-3-15(18(17)22)20(23,24)25/h2-4,11-14,16H,5-10H2,1H3,(H,26,29)/t11?,12-,13-,14+,16+/m1/s1. The van der Waals surface area contributed by atoms with E-state index in [1.807, 2.05) is 6.92 Å². The van der Waals surface area contributed by atoms with E-state index in [4.69, 9.17) is 0 Å². The number of fused-ring (bicyclic) bond motifs is 1. The molecule has 0 aromatic heterocycles. The van der Waals surface area contributed by atoms with Gasteiger partial charge in [-0.05, 0) is 37.8 Å². The van der Waals surface area contributed by atoms with E-state index in [1.54, 1.807) is 4.90 Å². The van der Waals surface area contributed by atoms with Gasteiger partial charge in [-0.3, -0.25) is 0 Å². The molecule has 3 aliphatic rings. The van der Waals surface area contributed by atoms with Gasteiger partial charge in [0.1, 0.15) is 6.17 Å². The molecule has 0 bridgehead atoms. The van der Waals surface area contributed by atoms with Crippen LogP contribution in [0, 0.1) is 17.7 Å².